The van der Waals surface area contributed by atoms with Crippen LogP contribution in [0.5, 0.6) is 0 Å². The molecule has 0 amide bonds. The molecule has 0 radical (unpaired) electrons. The van der Waals surface area contributed by atoms with Crippen LogP contribution in [0, 0.1) is 0 Å². The van der Waals surface area contributed by atoms with Crippen LogP contribution in [-0.2, 0) is 9.53 Å². The fourth-order valence-corrected chi connectivity index (χ4v) is 3.32. The van der Waals surface area contributed by atoms with Crippen molar-refractivity contribution in [3.05, 3.63) is 57.5 Å². The highest BCUT2D eigenvalue weighted by atomic mass is 35.5. The lowest BCUT2D eigenvalue weighted by molar-refractivity contribution is -0.129. The Labute approximate surface area is 160 Å². The number of halogens is 2. The normalized spacial score (nSPS) is 18.4. The molecule has 1 fully saturated rings. The number of hydrogen-bond acceptors (Lipinski definition) is 6. The van der Waals surface area contributed by atoms with E-state index in [0.717, 1.165) is 25.9 Å². The Morgan fingerprint density at radius 3 is 2.54 bits per heavy atom. The van der Waals surface area contributed by atoms with Crippen LogP contribution in [0.15, 0.2) is 41.3 Å². The number of benzene rings is 1. The molecule has 0 aliphatic carbocycles. The summed E-state index contributed by atoms with van der Waals surface area (Å²) in [4.78, 5) is 27.2. The molecule has 6 nitrogen and oxygen atoms in total. The smallest absolute Gasteiger partial charge is 0.363 e. The van der Waals surface area contributed by atoms with E-state index in [4.69, 9.17) is 27.9 Å². The summed E-state index contributed by atoms with van der Waals surface area (Å²) in [6.07, 6.45) is 7.25. The summed E-state index contributed by atoms with van der Waals surface area (Å²) < 4.78 is 5.22. The number of anilines is 1. The Hall–Kier alpha value is -2.44. The third-order valence-corrected chi connectivity index (χ3v) is 4.68. The highest BCUT2D eigenvalue weighted by molar-refractivity contribution is 6.37. The van der Waals surface area contributed by atoms with Crippen molar-refractivity contribution in [1.29, 1.82) is 0 Å². The van der Waals surface area contributed by atoms with Gasteiger partial charge in [-0.15, -0.1) is 0 Å². The van der Waals surface area contributed by atoms with E-state index < -0.39 is 5.97 Å². The summed E-state index contributed by atoms with van der Waals surface area (Å²) in [6, 6.07) is 4.89. The van der Waals surface area contributed by atoms with Gasteiger partial charge < -0.3 is 9.64 Å². The fraction of sp³-hybridized carbons (Fsp3) is 0.222. The highest BCUT2D eigenvalue weighted by Crippen LogP contribution is 2.26. The molecule has 0 unspecified atom stereocenters. The molecule has 0 saturated carbocycles. The first-order valence-electron chi connectivity index (χ1n) is 8.15. The van der Waals surface area contributed by atoms with Gasteiger partial charge in [0.25, 0.3) is 0 Å². The van der Waals surface area contributed by atoms with Crippen molar-refractivity contribution in [2.24, 2.45) is 4.99 Å². The van der Waals surface area contributed by atoms with E-state index >= 15 is 0 Å². The lowest BCUT2D eigenvalue weighted by Gasteiger charge is -2.14. The van der Waals surface area contributed by atoms with Gasteiger partial charge >= 0.3 is 5.97 Å². The average molecular weight is 389 g/mol. The summed E-state index contributed by atoms with van der Waals surface area (Å²) in [5, 5.41) is 0.860. The van der Waals surface area contributed by atoms with Crippen molar-refractivity contribution in [1.82, 2.24) is 9.97 Å². The molecule has 1 aromatic heterocycles. The maximum atomic E-state index is 12.1. The Morgan fingerprint density at radius 2 is 1.85 bits per heavy atom. The van der Waals surface area contributed by atoms with Crippen molar-refractivity contribution in [2.75, 3.05) is 18.0 Å². The van der Waals surface area contributed by atoms with Gasteiger partial charge in [0.15, 0.2) is 5.70 Å². The van der Waals surface area contributed by atoms with Crippen LogP contribution >= 0.6 is 23.2 Å². The van der Waals surface area contributed by atoms with Crippen molar-refractivity contribution < 1.29 is 9.53 Å². The predicted molar refractivity (Wildman–Crippen MR) is 101 cm³/mol. The monoisotopic (exact) mass is 388 g/mol. The van der Waals surface area contributed by atoms with E-state index in [2.05, 4.69) is 19.9 Å². The zero-order valence-electron chi connectivity index (χ0n) is 13.7. The maximum Gasteiger partial charge on any atom is 0.363 e. The first-order valence-corrected chi connectivity index (χ1v) is 8.91. The summed E-state index contributed by atoms with van der Waals surface area (Å²) in [6.45, 7) is 1.95. The molecule has 1 saturated heterocycles. The summed E-state index contributed by atoms with van der Waals surface area (Å²) in [5.41, 5.74) is 1.35. The number of carbonyl (C=O) groups excluding carboxylic acids is 1. The quantitative estimate of drug-likeness (QED) is 0.591. The molecule has 3 heterocycles. The first-order chi connectivity index (χ1) is 12.6. The Kier molecular flexibility index (Phi) is 4.61. The van der Waals surface area contributed by atoms with Crippen LogP contribution in [0.2, 0.25) is 10.0 Å². The van der Waals surface area contributed by atoms with Crippen molar-refractivity contribution in [2.45, 2.75) is 12.8 Å². The van der Waals surface area contributed by atoms with Crippen LogP contribution in [0.1, 0.15) is 24.0 Å². The van der Waals surface area contributed by atoms with Crippen LogP contribution in [0.25, 0.3) is 6.08 Å². The minimum absolute atomic E-state index is 0.150. The minimum atomic E-state index is -0.547. The van der Waals surface area contributed by atoms with Gasteiger partial charge in [-0.25, -0.2) is 19.8 Å². The Bertz CT molecular complexity index is 919. The molecule has 2 aliphatic rings. The third kappa shape index (κ3) is 3.43. The average Bonchev–Trinajstić information content (AvgIpc) is 3.26. The van der Waals surface area contributed by atoms with Crippen LogP contribution in [-0.4, -0.2) is 34.9 Å². The minimum Gasteiger partial charge on any atom is -0.402 e. The zero-order chi connectivity index (χ0) is 18.1. The Morgan fingerprint density at radius 1 is 1.12 bits per heavy atom. The second kappa shape index (κ2) is 7.05. The van der Waals surface area contributed by atoms with Crippen LogP contribution in [0.4, 0.5) is 5.95 Å². The molecule has 1 aromatic carbocycles. The van der Waals surface area contributed by atoms with E-state index in [1.165, 1.54) is 0 Å². The SMILES string of the molecule is O=C1OC(c2ccc(Cl)cc2Cl)=N/C1=C/c1cnc(N2CCCC2)nc1. The predicted octanol–water partition coefficient (Wildman–Crippen LogP) is 3.73. The molecule has 0 bridgehead atoms. The fourth-order valence-electron chi connectivity index (χ4n) is 2.83. The molecule has 132 valence electrons. The number of ether oxygens (including phenoxy) is 1. The molecule has 2 aromatic rings. The molecule has 26 heavy (non-hydrogen) atoms. The van der Waals surface area contributed by atoms with Gasteiger partial charge in [-0.3, -0.25) is 0 Å². The molecule has 8 heteroatoms. The zero-order valence-corrected chi connectivity index (χ0v) is 15.2. The van der Waals surface area contributed by atoms with E-state index in [1.54, 1.807) is 36.7 Å². The second-order valence-corrected chi connectivity index (χ2v) is 6.81. The van der Waals surface area contributed by atoms with Crippen molar-refractivity contribution in [3.8, 4) is 0 Å². The largest absolute Gasteiger partial charge is 0.402 e. The van der Waals surface area contributed by atoms with Crippen molar-refractivity contribution in [3.63, 3.8) is 0 Å². The van der Waals surface area contributed by atoms with Crippen LogP contribution in [0.3, 0.4) is 0 Å². The summed E-state index contributed by atoms with van der Waals surface area (Å²) in [7, 11) is 0. The number of rotatable bonds is 3. The van der Waals surface area contributed by atoms with Gasteiger partial charge in [0.1, 0.15) is 0 Å². The van der Waals surface area contributed by atoms with Crippen molar-refractivity contribution >= 4 is 47.1 Å². The standard InChI is InChI=1S/C18H14Cl2N4O2/c19-12-3-4-13(14(20)8-12)16-23-15(17(25)26-16)7-11-9-21-18(22-10-11)24-5-1-2-6-24/h3-4,7-10H,1-2,5-6H2/b15-7+. The highest BCUT2D eigenvalue weighted by Gasteiger charge is 2.25. The lowest BCUT2D eigenvalue weighted by atomic mass is 10.2. The van der Waals surface area contributed by atoms with E-state index in [-0.39, 0.29) is 11.6 Å². The van der Waals surface area contributed by atoms with Crippen LogP contribution < -0.4 is 4.90 Å². The van der Waals surface area contributed by atoms with E-state index in [1.807, 2.05) is 0 Å². The third-order valence-electron chi connectivity index (χ3n) is 4.13. The molecule has 2 aliphatic heterocycles. The molecule has 4 rings (SSSR count). The summed E-state index contributed by atoms with van der Waals surface area (Å²) in [5.74, 6) is 0.308. The molecular weight excluding hydrogens is 375 g/mol. The number of nitrogens with zero attached hydrogens (tertiary/aromatic N) is 4. The molecule has 0 N–H and O–H groups in total. The topological polar surface area (TPSA) is 67.7 Å². The van der Waals surface area contributed by atoms with Gasteiger partial charge in [0, 0.05) is 36.1 Å². The number of hydrogen-bond donors (Lipinski definition) is 0. The summed E-state index contributed by atoms with van der Waals surface area (Å²) >= 11 is 12.0. The van der Waals surface area contributed by atoms with Gasteiger partial charge in [0.05, 0.1) is 10.6 Å². The van der Waals surface area contributed by atoms with Gasteiger partial charge in [-0.05, 0) is 37.1 Å². The first kappa shape index (κ1) is 17.0. The van der Waals surface area contributed by atoms with Gasteiger partial charge in [-0.1, -0.05) is 23.2 Å². The number of esters is 1. The number of aliphatic imine (C=N–C) groups is 1. The molecular formula is C18H14Cl2N4O2. The molecule has 0 spiro atoms. The number of cyclic esters (lactones) is 1. The Balaban J connectivity index is 1.58. The van der Waals surface area contributed by atoms with E-state index in [0.29, 0.717) is 27.1 Å². The van der Waals surface area contributed by atoms with Gasteiger partial charge in [0.2, 0.25) is 11.8 Å². The molecule has 0 atom stereocenters. The second-order valence-electron chi connectivity index (χ2n) is 5.97. The maximum absolute atomic E-state index is 12.1. The van der Waals surface area contributed by atoms with E-state index in [9.17, 15) is 4.79 Å². The number of aromatic nitrogens is 2. The number of carbonyl (C=O) groups is 1. The lowest BCUT2D eigenvalue weighted by Crippen LogP contribution is -2.20. The van der Waals surface area contributed by atoms with Gasteiger partial charge in [-0.2, -0.15) is 0 Å².